The Morgan fingerprint density at radius 2 is 0.515 bits per heavy atom. The van der Waals surface area contributed by atoms with Crippen LogP contribution < -0.4 is 0 Å². The van der Waals surface area contributed by atoms with Crippen molar-refractivity contribution < 1.29 is 0 Å². The zero-order chi connectivity index (χ0) is 24.8. The van der Waals surface area contributed by atoms with Crippen molar-refractivity contribution in [1.29, 1.82) is 0 Å². The monoisotopic (exact) mass is 438 g/mol. The summed E-state index contributed by atoms with van der Waals surface area (Å²) in [5, 5.41) is 0. The van der Waals surface area contributed by atoms with Crippen molar-refractivity contribution >= 4 is 0 Å². The topological polar surface area (TPSA) is 0 Å². The molecule has 0 nitrogen and oxygen atoms in total. The van der Waals surface area contributed by atoms with Crippen LogP contribution in [0.1, 0.15) is 50.1 Å². The Labute approximate surface area is 203 Å². The van der Waals surface area contributed by atoms with Gasteiger partial charge in [-0.05, 0) is 84.6 Å². The minimum atomic E-state index is 1.34. The zero-order valence-electron chi connectivity index (χ0n) is 22.2. The van der Waals surface area contributed by atoms with Crippen LogP contribution in [-0.4, -0.2) is 0 Å². The molecule has 0 aliphatic carbocycles. The Bertz CT molecular complexity index is 944. The molecule has 0 aliphatic rings. The number of benzene rings is 4. The maximum atomic E-state index is 2.24. The molecular formula is C33H42. The molecule has 0 radical (unpaired) electrons. The minimum Gasteiger partial charge on any atom is -0.0623 e. The van der Waals surface area contributed by atoms with E-state index in [9.17, 15) is 0 Å². The van der Waals surface area contributed by atoms with E-state index in [2.05, 4.69) is 117 Å². The van der Waals surface area contributed by atoms with Gasteiger partial charge in [-0.25, -0.2) is 0 Å². The molecule has 0 saturated heterocycles. The predicted octanol–water partition coefficient (Wildman–Crippen LogP) is 9.52. The third-order valence-electron chi connectivity index (χ3n) is 5.32. The fourth-order valence-electron chi connectivity index (χ4n) is 3.50. The molecule has 0 amide bonds. The molecule has 4 aromatic carbocycles. The molecule has 0 heterocycles. The highest BCUT2D eigenvalue weighted by Crippen LogP contribution is 2.13. The van der Waals surface area contributed by atoms with Gasteiger partial charge in [-0.2, -0.15) is 0 Å². The summed E-state index contributed by atoms with van der Waals surface area (Å²) < 4.78 is 0. The first-order chi connectivity index (χ1) is 15.6. The summed E-state index contributed by atoms with van der Waals surface area (Å²) in [7, 11) is 0. The van der Waals surface area contributed by atoms with E-state index in [0.717, 1.165) is 0 Å². The standard InChI is InChI=1S/C10H14.C9H12.C8H10.C6H6/c1-7-5-9(3)10(4)6-8(7)2;1-7-4-8(2)6-9(3)5-7;1-7-4-3-5-8(2)6-7;1-2-4-6-5-3-1/h5-6H,1-4H3;4-6H,1-3H3;3-6H,1-2H3;1-6H. The van der Waals surface area contributed by atoms with Crippen LogP contribution in [0.2, 0.25) is 0 Å². The minimum absolute atomic E-state index is 1.34. The van der Waals surface area contributed by atoms with Gasteiger partial charge in [0.25, 0.3) is 0 Å². The van der Waals surface area contributed by atoms with Crippen LogP contribution in [0.4, 0.5) is 0 Å². The third kappa shape index (κ3) is 12.5. The summed E-state index contributed by atoms with van der Waals surface area (Å²) in [6.07, 6.45) is 0. The van der Waals surface area contributed by atoms with E-state index in [4.69, 9.17) is 0 Å². The molecular weight excluding hydrogens is 396 g/mol. The summed E-state index contributed by atoms with van der Waals surface area (Å²) in [6, 6.07) is 31.5. The summed E-state index contributed by atoms with van der Waals surface area (Å²) in [5.41, 5.74) is 12.3. The molecule has 0 saturated carbocycles. The van der Waals surface area contributed by atoms with E-state index in [1.54, 1.807) is 0 Å². The van der Waals surface area contributed by atoms with Gasteiger partial charge in [-0.3, -0.25) is 0 Å². The van der Waals surface area contributed by atoms with Gasteiger partial charge >= 0.3 is 0 Å². The lowest BCUT2D eigenvalue weighted by atomic mass is 10.0. The van der Waals surface area contributed by atoms with Crippen LogP contribution in [0, 0.1) is 62.3 Å². The highest BCUT2D eigenvalue weighted by molar-refractivity contribution is 5.35. The molecule has 0 aliphatic heterocycles. The van der Waals surface area contributed by atoms with Crippen molar-refractivity contribution in [1.82, 2.24) is 0 Å². The average molecular weight is 439 g/mol. The van der Waals surface area contributed by atoms with Gasteiger partial charge in [0.15, 0.2) is 0 Å². The van der Waals surface area contributed by atoms with Crippen molar-refractivity contribution in [2.24, 2.45) is 0 Å². The lowest BCUT2D eigenvalue weighted by Crippen LogP contribution is -1.86. The van der Waals surface area contributed by atoms with Crippen LogP contribution in [0.25, 0.3) is 0 Å². The Morgan fingerprint density at radius 3 is 0.727 bits per heavy atom. The number of aryl methyl sites for hydroxylation is 9. The Morgan fingerprint density at radius 1 is 0.273 bits per heavy atom. The highest BCUT2D eigenvalue weighted by atomic mass is 14.0. The van der Waals surface area contributed by atoms with E-state index >= 15 is 0 Å². The molecule has 0 bridgehead atoms. The van der Waals surface area contributed by atoms with Crippen LogP contribution in [0.5, 0.6) is 0 Å². The summed E-state index contributed by atoms with van der Waals surface area (Å²) in [4.78, 5) is 0. The van der Waals surface area contributed by atoms with Crippen molar-refractivity contribution in [2.75, 3.05) is 0 Å². The first-order valence-corrected chi connectivity index (χ1v) is 11.7. The van der Waals surface area contributed by atoms with Gasteiger partial charge in [0.1, 0.15) is 0 Å². The second-order valence-electron chi connectivity index (χ2n) is 9.00. The fraction of sp³-hybridized carbons (Fsp3) is 0.273. The van der Waals surface area contributed by atoms with Crippen LogP contribution in [-0.2, 0) is 0 Å². The molecule has 0 heteroatoms. The van der Waals surface area contributed by atoms with Gasteiger partial charge in [0, 0.05) is 0 Å². The quantitative estimate of drug-likeness (QED) is 0.256. The molecule has 33 heavy (non-hydrogen) atoms. The Kier molecular flexibility index (Phi) is 12.6. The van der Waals surface area contributed by atoms with E-state index < -0.39 is 0 Å². The van der Waals surface area contributed by atoms with Gasteiger partial charge in [-0.15, -0.1) is 0 Å². The average Bonchev–Trinajstić information content (AvgIpc) is 2.74. The van der Waals surface area contributed by atoms with Crippen molar-refractivity contribution in [3.05, 3.63) is 141 Å². The normalized spacial score (nSPS) is 9.36. The van der Waals surface area contributed by atoms with Crippen molar-refractivity contribution in [2.45, 2.75) is 62.3 Å². The zero-order valence-corrected chi connectivity index (χ0v) is 22.2. The van der Waals surface area contributed by atoms with Crippen molar-refractivity contribution in [3.63, 3.8) is 0 Å². The van der Waals surface area contributed by atoms with E-state index in [1.165, 1.54) is 50.1 Å². The Hall–Kier alpha value is -3.12. The molecule has 0 aromatic heterocycles. The van der Waals surface area contributed by atoms with E-state index in [1.807, 2.05) is 36.4 Å². The second-order valence-corrected chi connectivity index (χ2v) is 9.00. The van der Waals surface area contributed by atoms with Crippen LogP contribution in [0.3, 0.4) is 0 Å². The maximum Gasteiger partial charge on any atom is -0.0395 e. The van der Waals surface area contributed by atoms with Crippen LogP contribution in [0.15, 0.2) is 91.0 Å². The summed E-state index contributed by atoms with van der Waals surface area (Å²) >= 11 is 0. The van der Waals surface area contributed by atoms with Crippen LogP contribution >= 0.6 is 0 Å². The molecule has 0 unspecified atom stereocenters. The molecule has 0 atom stereocenters. The predicted molar refractivity (Wildman–Crippen MR) is 148 cm³/mol. The smallest absolute Gasteiger partial charge is 0.0395 e. The molecule has 0 fully saturated rings. The summed E-state index contributed by atoms with van der Waals surface area (Å²) in [5.74, 6) is 0. The van der Waals surface area contributed by atoms with Crippen molar-refractivity contribution in [3.8, 4) is 0 Å². The molecule has 4 rings (SSSR count). The Balaban J connectivity index is 0.000000223. The number of hydrogen-bond acceptors (Lipinski definition) is 0. The number of hydrogen-bond donors (Lipinski definition) is 0. The van der Waals surface area contributed by atoms with E-state index in [0.29, 0.717) is 0 Å². The van der Waals surface area contributed by atoms with E-state index in [-0.39, 0.29) is 0 Å². The first-order valence-electron chi connectivity index (χ1n) is 11.7. The third-order valence-corrected chi connectivity index (χ3v) is 5.32. The molecule has 174 valence electrons. The highest BCUT2D eigenvalue weighted by Gasteiger charge is 1.95. The van der Waals surface area contributed by atoms with Gasteiger partial charge in [0.05, 0.1) is 0 Å². The molecule has 0 N–H and O–H groups in total. The van der Waals surface area contributed by atoms with Gasteiger partial charge < -0.3 is 0 Å². The lowest BCUT2D eigenvalue weighted by Gasteiger charge is -2.04. The summed E-state index contributed by atoms with van der Waals surface area (Å²) in [6.45, 7) is 19.2. The SMILES string of the molecule is Cc1cc(C)c(C)cc1C.Cc1cc(C)cc(C)c1.Cc1cccc(C)c1.c1ccccc1. The fourth-order valence-corrected chi connectivity index (χ4v) is 3.50. The van der Waals surface area contributed by atoms with Gasteiger partial charge in [-0.1, -0.05) is 119 Å². The van der Waals surface area contributed by atoms with Gasteiger partial charge in [0.2, 0.25) is 0 Å². The molecule has 0 spiro atoms. The maximum absolute atomic E-state index is 2.24. The first kappa shape index (κ1) is 27.9. The largest absolute Gasteiger partial charge is 0.0623 e. The molecule has 4 aromatic rings. The lowest BCUT2D eigenvalue weighted by molar-refractivity contribution is 1.24. The number of rotatable bonds is 0. The second kappa shape index (κ2) is 14.9.